The number of nitrogens with one attached hydrogen (secondary N) is 2. The topological polar surface area (TPSA) is 92.3 Å². The molecular formula is C32H44N2O4S2. The second-order valence-corrected chi connectivity index (χ2v) is 15.4. The molecule has 4 rings (SSSR count). The first-order valence-electron chi connectivity index (χ1n) is 14.7. The molecule has 8 heteroatoms. The van der Waals surface area contributed by atoms with Gasteiger partial charge in [0.15, 0.2) is 19.7 Å². The van der Waals surface area contributed by atoms with E-state index in [4.69, 9.17) is 0 Å². The van der Waals surface area contributed by atoms with Gasteiger partial charge in [-0.1, -0.05) is 63.1 Å². The Kier molecular flexibility index (Phi) is 10.5. The van der Waals surface area contributed by atoms with Gasteiger partial charge in [-0.25, -0.2) is 16.8 Å². The first-order chi connectivity index (χ1) is 19.2. The highest BCUT2D eigenvalue weighted by Gasteiger charge is 2.23. The fourth-order valence-corrected chi connectivity index (χ4v) is 8.66. The lowest BCUT2D eigenvalue weighted by molar-refractivity contribution is 0.460. The summed E-state index contributed by atoms with van der Waals surface area (Å²) in [5, 5.41) is 6.79. The molecule has 0 amide bonds. The number of hydrogen-bond acceptors (Lipinski definition) is 6. The Hall–Kier alpha value is -2.58. The quantitative estimate of drug-likeness (QED) is 0.271. The first kappa shape index (κ1) is 30.4. The smallest absolute Gasteiger partial charge is 0.178 e. The molecule has 0 bridgehead atoms. The van der Waals surface area contributed by atoms with Crippen LogP contribution in [0, 0.1) is 0 Å². The van der Waals surface area contributed by atoms with Crippen molar-refractivity contribution >= 4 is 19.7 Å². The van der Waals surface area contributed by atoms with Gasteiger partial charge in [0, 0.05) is 23.9 Å². The highest BCUT2D eigenvalue weighted by atomic mass is 32.2. The molecule has 6 nitrogen and oxygen atoms in total. The second-order valence-electron chi connectivity index (χ2n) is 11.2. The van der Waals surface area contributed by atoms with E-state index in [-0.39, 0.29) is 23.3 Å². The molecule has 2 N–H and O–H groups in total. The Labute approximate surface area is 241 Å². The van der Waals surface area contributed by atoms with Crippen LogP contribution in [0.25, 0.3) is 0 Å². The molecule has 0 saturated heterocycles. The van der Waals surface area contributed by atoms with Crippen molar-refractivity contribution in [2.24, 2.45) is 0 Å². The van der Waals surface area contributed by atoms with Crippen LogP contribution in [0.2, 0.25) is 0 Å². The van der Waals surface area contributed by atoms with E-state index in [2.05, 4.69) is 36.6 Å². The Bertz CT molecular complexity index is 1290. The predicted octanol–water partition coefficient (Wildman–Crippen LogP) is 6.23. The van der Waals surface area contributed by atoms with E-state index in [1.54, 1.807) is 24.3 Å². The van der Waals surface area contributed by atoms with Crippen molar-refractivity contribution in [1.82, 2.24) is 10.6 Å². The minimum atomic E-state index is -3.51. The molecule has 2 heterocycles. The SMILES string of the molecule is CCCC1CC(c2cccc(S(=O)(=O)CCCCS(=O)(=O)c3cccc(C4C=CNC(CCC)C4)c3)c2)C=CN1. The summed E-state index contributed by atoms with van der Waals surface area (Å²) in [6.07, 6.45) is 15.0. The number of hydrogen-bond donors (Lipinski definition) is 2. The number of unbranched alkanes of at least 4 members (excludes halogenated alkanes) is 1. The minimum Gasteiger partial charge on any atom is -0.388 e. The van der Waals surface area contributed by atoms with Crippen LogP contribution in [0.5, 0.6) is 0 Å². The summed E-state index contributed by atoms with van der Waals surface area (Å²) < 4.78 is 52.5. The van der Waals surface area contributed by atoms with Gasteiger partial charge in [0.1, 0.15) is 0 Å². The van der Waals surface area contributed by atoms with Crippen molar-refractivity contribution < 1.29 is 16.8 Å². The van der Waals surface area contributed by atoms with Crippen molar-refractivity contribution in [3.05, 3.63) is 84.2 Å². The van der Waals surface area contributed by atoms with Gasteiger partial charge in [0.05, 0.1) is 21.3 Å². The summed E-state index contributed by atoms with van der Waals surface area (Å²) in [5.74, 6) is 0.245. The molecule has 2 aromatic carbocycles. The molecular weight excluding hydrogens is 540 g/mol. The fraction of sp³-hybridized carbons (Fsp3) is 0.500. The largest absolute Gasteiger partial charge is 0.388 e. The highest BCUT2D eigenvalue weighted by molar-refractivity contribution is 7.91. The lowest BCUT2D eigenvalue weighted by Gasteiger charge is -2.26. The Morgan fingerprint density at radius 2 is 1.10 bits per heavy atom. The van der Waals surface area contributed by atoms with Gasteiger partial charge in [-0.05, 0) is 86.3 Å². The number of benzene rings is 2. The lowest BCUT2D eigenvalue weighted by Crippen LogP contribution is -2.29. The molecule has 0 radical (unpaired) electrons. The zero-order valence-corrected chi connectivity index (χ0v) is 25.4. The van der Waals surface area contributed by atoms with Crippen molar-refractivity contribution in [3.8, 4) is 0 Å². The van der Waals surface area contributed by atoms with Crippen molar-refractivity contribution in [2.45, 2.75) is 98.9 Å². The zero-order valence-electron chi connectivity index (χ0n) is 23.8. The van der Waals surface area contributed by atoms with Gasteiger partial charge >= 0.3 is 0 Å². The highest BCUT2D eigenvalue weighted by Crippen LogP contribution is 2.30. The minimum absolute atomic E-state index is 0.0643. The van der Waals surface area contributed by atoms with E-state index in [0.717, 1.165) is 49.7 Å². The van der Waals surface area contributed by atoms with E-state index < -0.39 is 19.7 Å². The van der Waals surface area contributed by atoms with Crippen LogP contribution >= 0.6 is 0 Å². The Morgan fingerprint density at radius 3 is 1.50 bits per heavy atom. The number of sulfone groups is 2. The van der Waals surface area contributed by atoms with E-state index in [0.29, 0.717) is 34.7 Å². The van der Waals surface area contributed by atoms with Crippen LogP contribution in [0.1, 0.15) is 88.2 Å². The Morgan fingerprint density at radius 1 is 0.675 bits per heavy atom. The maximum Gasteiger partial charge on any atom is 0.178 e. The van der Waals surface area contributed by atoms with Gasteiger partial charge in [-0.2, -0.15) is 0 Å². The van der Waals surface area contributed by atoms with Crippen molar-refractivity contribution in [2.75, 3.05) is 11.5 Å². The molecule has 0 aromatic heterocycles. The standard InChI is InChI=1S/C32H44N2O4S2/c1-3-9-29-21-27(15-17-33-29)25-11-7-13-31(23-25)39(35,36)19-5-6-20-40(37,38)32-14-8-12-26(24-32)28-16-18-34-30(22-28)10-4-2/h7-8,11-18,23-24,27-30,33-34H,3-6,9-10,19-22H2,1-2H3. The van der Waals surface area contributed by atoms with E-state index in [1.807, 2.05) is 36.7 Å². The predicted molar refractivity (Wildman–Crippen MR) is 163 cm³/mol. The normalized spacial score (nSPS) is 22.9. The number of allylic oxidation sites excluding steroid dienone is 2. The number of rotatable bonds is 13. The summed E-state index contributed by atoms with van der Waals surface area (Å²) in [7, 11) is -7.01. The molecule has 2 aliphatic heterocycles. The monoisotopic (exact) mass is 584 g/mol. The molecule has 40 heavy (non-hydrogen) atoms. The van der Waals surface area contributed by atoms with Crippen LogP contribution in [0.3, 0.4) is 0 Å². The Balaban J connectivity index is 1.34. The third-order valence-electron chi connectivity index (χ3n) is 8.04. The van der Waals surface area contributed by atoms with Gasteiger partial charge in [-0.15, -0.1) is 0 Å². The van der Waals surface area contributed by atoms with Crippen LogP contribution in [-0.2, 0) is 19.7 Å². The summed E-state index contributed by atoms with van der Waals surface area (Å²) in [6, 6.07) is 15.3. The molecule has 218 valence electrons. The molecule has 4 unspecified atom stereocenters. The summed E-state index contributed by atoms with van der Waals surface area (Å²) in [4.78, 5) is 0.631. The van der Waals surface area contributed by atoms with E-state index >= 15 is 0 Å². The lowest BCUT2D eigenvalue weighted by atomic mass is 9.88. The van der Waals surface area contributed by atoms with Crippen LogP contribution < -0.4 is 10.6 Å². The average Bonchev–Trinajstić information content (AvgIpc) is 2.96. The zero-order chi connectivity index (χ0) is 28.6. The van der Waals surface area contributed by atoms with Gasteiger partial charge in [0.2, 0.25) is 0 Å². The van der Waals surface area contributed by atoms with Crippen LogP contribution in [-0.4, -0.2) is 40.4 Å². The molecule has 2 aliphatic rings. The fourth-order valence-electron chi connectivity index (χ4n) is 5.81. The van der Waals surface area contributed by atoms with Gasteiger partial charge in [-0.3, -0.25) is 0 Å². The maximum absolute atomic E-state index is 13.1. The van der Waals surface area contributed by atoms with E-state index in [1.165, 1.54) is 0 Å². The van der Waals surface area contributed by atoms with Gasteiger partial charge < -0.3 is 10.6 Å². The molecule has 0 spiro atoms. The molecule has 4 atom stereocenters. The van der Waals surface area contributed by atoms with Crippen LogP contribution in [0.4, 0.5) is 0 Å². The van der Waals surface area contributed by atoms with Gasteiger partial charge in [0.25, 0.3) is 0 Å². The third kappa shape index (κ3) is 8.00. The maximum atomic E-state index is 13.1. The first-order valence-corrected chi connectivity index (χ1v) is 18.0. The van der Waals surface area contributed by atoms with Crippen molar-refractivity contribution in [1.29, 1.82) is 0 Å². The van der Waals surface area contributed by atoms with E-state index in [9.17, 15) is 16.8 Å². The summed E-state index contributed by atoms with van der Waals surface area (Å²) in [6.45, 7) is 4.33. The average molecular weight is 585 g/mol. The molecule has 2 aromatic rings. The molecule has 0 fully saturated rings. The van der Waals surface area contributed by atoms with Crippen molar-refractivity contribution in [3.63, 3.8) is 0 Å². The molecule has 0 aliphatic carbocycles. The molecule has 0 saturated carbocycles. The second kappa shape index (κ2) is 13.9. The van der Waals surface area contributed by atoms with Crippen LogP contribution in [0.15, 0.2) is 82.9 Å². The summed E-state index contributed by atoms with van der Waals surface area (Å²) >= 11 is 0. The summed E-state index contributed by atoms with van der Waals surface area (Å²) in [5.41, 5.74) is 2.01. The third-order valence-corrected chi connectivity index (χ3v) is 11.6.